The summed E-state index contributed by atoms with van der Waals surface area (Å²) >= 11 is 0. The van der Waals surface area contributed by atoms with E-state index in [2.05, 4.69) is 23.7 Å². The number of anilines is 1. The van der Waals surface area contributed by atoms with Crippen molar-refractivity contribution in [3.8, 4) is 0 Å². The van der Waals surface area contributed by atoms with Crippen molar-refractivity contribution in [1.82, 2.24) is 4.98 Å². The van der Waals surface area contributed by atoms with Gasteiger partial charge in [-0.3, -0.25) is 0 Å². The number of pyridine rings is 1. The third kappa shape index (κ3) is 2.39. The Balaban J connectivity index is 2.32. The van der Waals surface area contributed by atoms with Gasteiger partial charge < -0.3 is 14.7 Å². The minimum absolute atomic E-state index is 0.164. The molecule has 2 heterocycles. The van der Waals surface area contributed by atoms with Crippen molar-refractivity contribution < 1.29 is 14.6 Å². The van der Waals surface area contributed by atoms with E-state index in [0.29, 0.717) is 19.0 Å². The first kappa shape index (κ1) is 11.9. The number of aromatic nitrogens is 1. The summed E-state index contributed by atoms with van der Waals surface area (Å²) in [5.41, 5.74) is 0.0971. The number of ether oxygens (including phenoxy) is 1. The molecule has 0 radical (unpaired) electrons. The van der Waals surface area contributed by atoms with E-state index in [0.717, 1.165) is 6.54 Å². The molecule has 1 fully saturated rings. The second kappa shape index (κ2) is 4.33. The van der Waals surface area contributed by atoms with Crippen LogP contribution in [0.2, 0.25) is 0 Å². The molecule has 0 amide bonds. The topological polar surface area (TPSA) is 62.7 Å². The van der Waals surface area contributed by atoms with Gasteiger partial charge in [0.2, 0.25) is 0 Å². The number of rotatable bonds is 2. The van der Waals surface area contributed by atoms with Crippen LogP contribution < -0.4 is 4.90 Å². The Morgan fingerprint density at radius 3 is 3.00 bits per heavy atom. The van der Waals surface area contributed by atoms with Crippen molar-refractivity contribution in [2.24, 2.45) is 0 Å². The second-order valence-corrected chi connectivity index (χ2v) is 4.72. The fraction of sp³-hybridized carbons (Fsp3) is 0.500. The molecule has 1 aromatic heterocycles. The van der Waals surface area contributed by atoms with Gasteiger partial charge >= 0.3 is 5.97 Å². The highest BCUT2D eigenvalue weighted by molar-refractivity contribution is 5.88. The molecule has 0 bridgehead atoms. The summed E-state index contributed by atoms with van der Waals surface area (Å²) in [5, 5.41) is 8.97. The number of carbonyl (C=O) groups is 1. The normalized spacial score (nSPS) is 19.1. The Bertz CT molecular complexity index is 432. The zero-order chi connectivity index (χ0) is 12.5. The van der Waals surface area contributed by atoms with Crippen LogP contribution in [0.1, 0.15) is 24.2 Å². The molecular weight excluding hydrogens is 220 g/mol. The van der Waals surface area contributed by atoms with E-state index in [9.17, 15) is 4.79 Å². The van der Waals surface area contributed by atoms with Gasteiger partial charge in [-0.2, -0.15) is 0 Å². The van der Waals surface area contributed by atoms with Crippen LogP contribution in [0, 0.1) is 0 Å². The van der Waals surface area contributed by atoms with Gasteiger partial charge in [0.15, 0.2) is 0 Å². The molecule has 0 saturated carbocycles. The van der Waals surface area contributed by atoms with Crippen molar-refractivity contribution in [2.75, 3.05) is 24.7 Å². The predicted octanol–water partition coefficient (Wildman–Crippen LogP) is 1.40. The molecule has 1 aromatic rings. The summed E-state index contributed by atoms with van der Waals surface area (Å²) in [6, 6.07) is 3.11. The number of hydrogen-bond donors (Lipinski definition) is 1. The number of carboxylic acid groups (broad SMARTS) is 1. The van der Waals surface area contributed by atoms with E-state index in [-0.39, 0.29) is 11.1 Å². The summed E-state index contributed by atoms with van der Waals surface area (Å²) < 4.78 is 5.43. The van der Waals surface area contributed by atoms with Crippen LogP contribution in [0.25, 0.3) is 0 Å². The summed E-state index contributed by atoms with van der Waals surface area (Å²) in [5.74, 6) is -0.238. The lowest BCUT2D eigenvalue weighted by molar-refractivity contribution is 0.0638. The third-order valence-electron chi connectivity index (χ3n) is 2.91. The number of aromatic carboxylic acids is 1. The van der Waals surface area contributed by atoms with E-state index in [1.807, 2.05) is 0 Å². The quantitative estimate of drug-likeness (QED) is 0.840. The van der Waals surface area contributed by atoms with E-state index < -0.39 is 5.97 Å². The SMILES string of the molecule is CC1(C)COCCN1c1cc(C(=O)O)ccn1. The molecular formula is C12H16N2O3. The Hall–Kier alpha value is -1.62. The van der Waals surface area contributed by atoms with E-state index >= 15 is 0 Å². The van der Waals surface area contributed by atoms with Gasteiger partial charge in [0.25, 0.3) is 0 Å². The minimum Gasteiger partial charge on any atom is -0.478 e. The molecule has 17 heavy (non-hydrogen) atoms. The van der Waals surface area contributed by atoms with Crippen molar-refractivity contribution in [1.29, 1.82) is 0 Å². The van der Waals surface area contributed by atoms with E-state index in [1.165, 1.54) is 12.3 Å². The lowest BCUT2D eigenvalue weighted by Crippen LogP contribution is -2.53. The molecule has 1 saturated heterocycles. The van der Waals surface area contributed by atoms with Gasteiger partial charge in [-0.1, -0.05) is 0 Å². The van der Waals surface area contributed by atoms with Gasteiger partial charge in [-0.25, -0.2) is 9.78 Å². The number of nitrogens with zero attached hydrogens (tertiary/aromatic N) is 2. The maximum Gasteiger partial charge on any atom is 0.335 e. The van der Waals surface area contributed by atoms with Crippen LogP contribution in [0.4, 0.5) is 5.82 Å². The molecule has 0 unspecified atom stereocenters. The van der Waals surface area contributed by atoms with Crippen LogP contribution in [-0.2, 0) is 4.74 Å². The maximum absolute atomic E-state index is 10.9. The van der Waals surface area contributed by atoms with Crippen molar-refractivity contribution in [2.45, 2.75) is 19.4 Å². The smallest absolute Gasteiger partial charge is 0.335 e. The first-order valence-electron chi connectivity index (χ1n) is 5.55. The van der Waals surface area contributed by atoms with E-state index in [4.69, 9.17) is 9.84 Å². The molecule has 0 aliphatic carbocycles. The van der Waals surface area contributed by atoms with Gasteiger partial charge in [-0.15, -0.1) is 0 Å². The van der Waals surface area contributed by atoms with Crippen LogP contribution in [0.3, 0.4) is 0 Å². The van der Waals surface area contributed by atoms with E-state index in [1.54, 1.807) is 6.07 Å². The first-order chi connectivity index (χ1) is 8.00. The van der Waals surface area contributed by atoms with Gasteiger partial charge in [0, 0.05) is 12.7 Å². The predicted molar refractivity (Wildman–Crippen MR) is 63.4 cm³/mol. The largest absolute Gasteiger partial charge is 0.478 e. The molecule has 1 N–H and O–H groups in total. The Morgan fingerprint density at radius 1 is 1.59 bits per heavy atom. The third-order valence-corrected chi connectivity index (χ3v) is 2.91. The monoisotopic (exact) mass is 236 g/mol. The zero-order valence-electron chi connectivity index (χ0n) is 10.0. The minimum atomic E-state index is -0.931. The maximum atomic E-state index is 10.9. The molecule has 2 rings (SSSR count). The van der Waals surface area contributed by atoms with Gasteiger partial charge in [-0.05, 0) is 26.0 Å². The highest BCUT2D eigenvalue weighted by atomic mass is 16.5. The summed E-state index contributed by atoms with van der Waals surface area (Å²) in [7, 11) is 0. The van der Waals surface area contributed by atoms with Crippen LogP contribution in [0.5, 0.6) is 0 Å². The lowest BCUT2D eigenvalue weighted by atomic mass is 10.0. The summed E-state index contributed by atoms with van der Waals surface area (Å²) in [4.78, 5) is 17.3. The van der Waals surface area contributed by atoms with Crippen LogP contribution in [-0.4, -0.2) is 41.4 Å². The molecule has 0 spiro atoms. The fourth-order valence-corrected chi connectivity index (χ4v) is 1.98. The number of carboxylic acids is 1. The Labute approximate surface area is 100 Å². The van der Waals surface area contributed by atoms with Crippen LogP contribution in [0.15, 0.2) is 18.3 Å². The van der Waals surface area contributed by atoms with Crippen molar-refractivity contribution >= 4 is 11.8 Å². The highest BCUT2D eigenvalue weighted by Crippen LogP contribution is 2.25. The molecule has 1 aliphatic heterocycles. The number of morpholine rings is 1. The first-order valence-corrected chi connectivity index (χ1v) is 5.55. The van der Waals surface area contributed by atoms with Gasteiger partial charge in [0.05, 0.1) is 24.3 Å². The number of hydrogen-bond acceptors (Lipinski definition) is 4. The average molecular weight is 236 g/mol. The van der Waals surface area contributed by atoms with Gasteiger partial charge in [0.1, 0.15) is 5.82 Å². The molecule has 0 atom stereocenters. The Kier molecular flexibility index (Phi) is 3.02. The molecule has 1 aliphatic rings. The molecule has 0 aromatic carbocycles. The molecule has 92 valence electrons. The molecule has 5 heteroatoms. The summed E-state index contributed by atoms with van der Waals surface area (Å²) in [6.45, 7) is 6.10. The second-order valence-electron chi connectivity index (χ2n) is 4.72. The Morgan fingerprint density at radius 2 is 2.35 bits per heavy atom. The van der Waals surface area contributed by atoms with Crippen molar-refractivity contribution in [3.63, 3.8) is 0 Å². The lowest BCUT2D eigenvalue weighted by Gasteiger charge is -2.43. The van der Waals surface area contributed by atoms with Crippen LogP contribution >= 0.6 is 0 Å². The zero-order valence-corrected chi connectivity index (χ0v) is 10.0. The van der Waals surface area contributed by atoms with Crippen molar-refractivity contribution in [3.05, 3.63) is 23.9 Å². The molecule has 5 nitrogen and oxygen atoms in total. The summed E-state index contributed by atoms with van der Waals surface area (Å²) in [6.07, 6.45) is 1.53. The fourth-order valence-electron chi connectivity index (χ4n) is 1.98. The average Bonchev–Trinajstić information content (AvgIpc) is 2.28. The highest BCUT2D eigenvalue weighted by Gasteiger charge is 2.31. The standard InChI is InChI=1S/C12H16N2O3/c1-12(2)8-17-6-5-14(12)10-7-9(11(15)16)3-4-13-10/h3-4,7H,5-6,8H2,1-2H3,(H,15,16).